The summed E-state index contributed by atoms with van der Waals surface area (Å²) < 4.78 is 1.72. The molecule has 1 saturated heterocycles. The average Bonchev–Trinajstić information content (AvgIpc) is 3.33. The van der Waals surface area contributed by atoms with Crippen molar-refractivity contribution in [2.45, 2.75) is 65.0 Å². The monoisotopic (exact) mass is 511 g/mol. The summed E-state index contributed by atoms with van der Waals surface area (Å²) in [6, 6.07) is 4.02. The van der Waals surface area contributed by atoms with Gasteiger partial charge in [0.15, 0.2) is 5.78 Å². The van der Waals surface area contributed by atoms with Crippen molar-refractivity contribution in [1.82, 2.24) is 24.8 Å². The Labute approximate surface area is 217 Å². The lowest BCUT2D eigenvalue weighted by Crippen LogP contribution is -2.57. The first-order chi connectivity index (χ1) is 16.7. The Bertz CT molecular complexity index is 1330. The van der Waals surface area contributed by atoms with Gasteiger partial charge in [-0.2, -0.15) is 4.98 Å². The molecule has 2 aliphatic rings. The van der Waals surface area contributed by atoms with E-state index >= 15 is 0 Å². The second-order valence-corrected chi connectivity index (χ2v) is 10.4. The summed E-state index contributed by atoms with van der Waals surface area (Å²) in [6.07, 6.45) is 7.52. The predicted octanol–water partition coefficient (Wildman–Crippen LogP) is 4.17. The van der Waals surface area contributed by atoms with Crippen molar-refractivity contribution >= 4 is 46.7 Å². The van der Waals surface area contributed by atoms with Crippen LogP contribution in [0.25, 0.3) is 11.0 Å². The second-order valence-electron chi connectivity index (χ2n) is 10.4. The van der Waals surface area contributed by atoms with Gasteiger partial charge in [-0.05, 0) is 58.2 Å². The number of carbonyl (C=O) groups is 1. The van der Waals surface area contributed by atoms with Crippen LogP contribution < -0.4 is 21.1 Å². The first-order valence-electron chi connectivity index (χ1n) is 12.4. The van der Waals surface area contributed by atoms with Gasteiger partial charge in [0.25, 0.3) is 5.56 Å². The third-order valence-corrected chi connectivity index (χ3v) is 7.17. The zero-order valence-electron chi connectivity index (χ0n) is 21.3. The number of ketones is 1. The number of halogens is 1. The molecule has 0 spiro atoms. The molecule has 0 aromatic carbocycles. The Morgan fingerprint density at radius 3 is 2.56 bits per heavy atom. The standard InChI is InChI=1S/C26H33N7O2.ClH/c1-16-20-14-28-25(30-21-10-9-19(13-27-21)32-12-11-29-26(3,4)15-32)31-23(20)33(18-7-5-6-8-18)24(35)22(16)17(2)34;/h9-10,13-14,18,29H,5-8,11-12,15H2,1-4H3,(H,27,28,30,31);1H. The molecule has 1 saturated carbocycles. The van der Waals surface area contributed by atoms with Gasteiger partial charge in [-0.15, -0.1) is 12.4 Å². The van der Waals surface area contributed by atoms with Gasteiger partial charge >= 0.3 is 0 Å². The maximum atomic E-state index is 13.4. The van der Waals surface area contributed by atoms with Crippen molar-refractivity contribution in [1.29, 1.82) is 0 Å². The lowest BCUT2D eigenvalue weighted by Gasteiger charge is -2.40. The van der Waals surface area contributed by atoms with E-state index in [1.54, 1.807) is 17.7 Å². The Kier molecular flexibility index (Phi) is 7.33. The number of rotatable bonds is 5. The molecule has 5 rings (SSSR count). The molecular weight excluding hydrogens is 478 g/mol. The van der Waals surface area contributed by atoms with E-state index in [9.17, 15) is 9.59 Å². The molecule has 36 heavy (non-hydrogen) atoms. The number of nitrogens with one attached hydrogen (secondary N) is 2. The van der Waals surface area contributed by atoms with Crippen molar-refractivity contribution in [2.75, 3.05) is 29.9 Å². The second kappa shape index (κ2) is 10.1. The van der Waals surface area contributed by atoms with Crippen molar-refractivity contribution in [3.63, 3.8) is 0 Å². The number of hydrogen-bond acceptors (Lipinski definition) is 8. The molecule has 9 nitrogen and oxygen atoms in total. The fourth-order valence-corrected chi connectivity index (χ4v) is 5.43. The number of pyridine rings is 2. The predicted molar refractivity (Wildman–Crippen MR) is 145 cm³/mol. The topological polar surface area (TPSA) is 105 Å². The van der Waals surface area contributed by atoms with Gasteiger partial charge in [-0.3, -0.25) is 14.2 Å². The molecule has 0 atom stereocenters. The molecule has 1 aliphatic carbocycles. The van der Waals surface area contributed by atoms with E-state index in [1.807, 2.05) is 12.3 Å². The van der Waals surface area contributed by atoms with Crippen LogP contribution >= 0.6 is 12.4 Å². The average molecular weight is 512 g/mol. The van der Waals surface area contributed by atoms with Crippen molar-refractivity contribution in [3.8, 4) is 0 Å². The summed E-state index contributed by atoms with van der Waals surface area (Å²) >= 11 is 0. The number of Topliss-reactive ketones (excluding diaryl/α,β-unsaturated/α-hetero) is 1. The van der Waals surface area contributed by atoms with Gasteiger partial charge in [-0.25, -0.2) is 9.97 Å². The van der Waals surface area contributed by atoms with Gasteiger partial charge < -0.3 is 15.5 Å². The van der Waals surface area contributed by atoms with Crippen LogP contribution in [0.5, 0.6) is 0 Å². The third-order valence-electron chi connectivity index (χ3n) is 7.17. The SMILES string of the molecule is CC(=O)c1c(C)c2cnc(Nc3ccc(N4CCNC(C)(C)C4)cn3)nc2n(C2CCCC2)c1=O.Cl. The van der Waals surface area contributed by atoms with Gasteiger partial charge in [-0.1, -0.05) is 12.8 Å². The zero-order chi connectivity index (χ0) is 24.7. The molecule has 3 aromatic rings. The van der Waals surface area contributed by atoms with E-state index in [1.165, 1.54) is 6.92 Å². The molecule has 0 unspecified atom stereocenters. The zero-order valence-corrected chi connectivity index (χ0v) is 22.1. The van der Waals surface area contributed by atoms with E-state index in [-0.39, 0.29) is 40.9 Å². The summed E-state index contributed by atoms with van der Waals surface area (Å²) in [6.45, 7) is 10.4. The van der Waals surface area contributed by atoms with Crippen LogP contribution in [-0.4, -0.2) is 50.5 Å². The van der Waals surface area contributed by atoms with Crippen LogP contribution in [0, 0.1) is 6.92 Å². The van der Waals surface area contributed by atoms with E-state index in [0.717, 1.165) is 56.4 Å². The minimum atomic E-state index is -0.250. The number of aryl methyl sites for hydroxylation is 1. The van der Waals surface area contributed by atoms with Crippen LogP contribution in [0.4, 0.5) is 17.5 Å². The maximum Gasteiger partial charge on any atom is 0.263 e. The Balaban J connectivity index is 0.00000304. The number of aromatic nitrogens is 4. The number of carbonyl (C=O) groups excluding carboxylic acids is 1. The highest BCUT2D eigenvalue weighted by molar-refractivity contribution is 5.99. The lowest BCUT2D eigenvalue weighted by atomic mass is 10.0. The third kappa shape index (κ3) is 4.95. The first-order valence-corrected chi connectivity index (χ1v) is 12.4. The summed E-state index contributed by atoms with van der Waals surface area (Å²) in [5.41, 5.74) is 2.33. The molecule has 0 amide bonds. The van der Waals surface area contributed by atoms with Crippen molar-refractivity contribution < 1.29 is 4.79 Å². The fourth-order valence-electron chi connectivity index (χ4n) is 5.43. The molecule has 10 heteroatoms. The summed E-state index contributed by atoms with van der Waals surface area (Å²) in [5, 5.41) is 7.45. The van der Waals surface area contributed by atoms with Crippen LogP contribution in [0.3, 0.4) is 0 Å². The molecule has 0 bridgehead atoms. The molecule has 192 valence electrons. The van der Waals surface area contributed by atoms with E-state index in [2.05, 4.69) is 45.4 Å². The van der Waals surface area contributed by atoms with Crippen molar-refractivity contribution in [2.24, 2.45) is 0 Å². The molecule has 1 aliphatic heterocycles. The summed E-state index contributed by atoms with van der Waals surface area (Å²) in [7, 11) is 0. The number of hydrogen-bond donors (Lipinski definition) is 2. The Morgan fingerprint density at radius 2 is 1.92 bits per heavy atom. The minimum absolute atomic E-state index is 0. The minimum Gasteiger partial charge on any atom is -0.367 e. The normalized spacial score (nSPS) is 17.7. The number of nitrogens with zero attached hydrogens (tertiary/aromatic N) is 5. The van der Waals surface area contributed by atoms with Crippen LogP contribution in [-0.2, 0) is 0 Å². The number of piperazine rings is 1. The Hall–Kier alpha value is -3.04. The number of fused-ring (bicyclic) bond motifs is 1. The van der Waals surface area contributed by atoms with E-state index in [4.69, 9.17) is 4.98 Å². The van der Waals surface area contributed by atoms with Gasteiger partial charge in [0.2, 0.25) is 5.95 Å². The molecule has 0 radical (unpaired) electrons. The van der Waals surface area contributed by atoms with Gasteiger partial charge in [0, 0.05) is 42.8 Å². The highest BCUT2D eigenvalue weighted by Crippen LogP contribution is 2.32. The van der Waals surface area contributed by atoms with Crippen LogP contribution in [0.15, 0.2) is 29.3 Å². The molecule has 3 aromatic heterocycles. The number of anilines is 3. The molecule has 2 fully saturated rings. The maximum absolute atomic E-state index is 13.4. The van der Waals surface area contributed by atoms with E-state index < -0.39 is 0 Å². The van der Waals surface area contributed by atoms with Crippen LogP contribution in [0.2, 0.25) is 0 Å². The highest BCUT2D eigenvalue weighted by Gasteiger charge is 2.27. The fraction of sp³-hybridized carbons (Fsp3) is 0.500. The summed E-state index contributed by atoms with van der Waals surface area (Å²) in [4.78, 5) is 41.8. The van der Waals surface area contributed by atoms with Crippen molar-refractivity contribution in [3.05, 3.63) is 46.0 Å². The quantitative estimate of drug-likeness (QED) is 0.492. The molecule has 2 N–H and O–H groups in total. The summed E-state index contributed by atoms with van der Waals surface area (Å²) in [5.74, 6) is 0.789. The van der Waals surface area contributed by atoms with E-state index in [0.29, 0.717) is 23.0 Å². The largest absolute Gasteiger partial charge is 0.367 e. The first kappa shape index (κ1) is 26.0. The smallest absolute Gasteiger partial charge is 0.263 e. The molecule has 4 heterocycles. The van der Waals surface area contributed by atoms with Gasteiger partial charge in [0.05, 0.1) is 17.4 Å². The molecular formula is C26H34ClN7O2. The lowest BCUT2D eigenvalue weighted by molar-refractivity contribution is 0.101. The van der Waals surface area contributed by atoms with Crippen LogP contribution in [0.1, 0.15) is 68.4 Å². The van der Waals surface area contributed by atoms with Gasteiger partial charge in [0.1, 0.15) is 11.5 Å². The Morgan fingerprint density at radius 1 is 1.17 bits per heavy atom. The highest BCUT2D eigenvalue weighted by atomic mass is 35.5.